The van der Waals surface area contributed by atoms with Gasteiger partial charge in [0.25, 0.3) is 0 Å². The van der Waals surface area contributed by atoms with E-state index in [1.165, 1.54) is 31.9 Å². The molecule has 1 saturated heterocycles. The molecule has 0 spiro atoms. The summed E-state index contributed by atoms with van der Waals surface area (Å²) in [6.45, 7) is 18.7. The van der Waals surface area contributed by atoms with Crippen LogP contribution in [-0.4, -0.2) is 65.6 Å². The summed E-state index contributed by atoms with van der Waals surface area (Å²) in [4.78, 5) is 56.1. The Morgan fingerprint density at radius 3 is 2.41 bits per heavy atom. The van der Waals surface area contributed by atoms with E-state index in [4.69, 9.17) is 29.7 Å². The quantitative estimate of drug-likeness (QED) is 0.0991. The van der Waals surface area contributed by atoms with Gasteiger partial charge >= 0.3 is 35.0 Å². The van der Waals surface area contributed by atoms with E-state index in [1.807, 2.05) is 45.1 Å². The fourth-order valence-corrected chi connectivity index (χ4v) is 8.95. The normalized spacial score (nSPS) is 22.5. The van der Waals surface area contributed by atoms with E-state index in [-0.39, 0.29) is 59.7 Å². The summed E-state index contributed by atoms with van der Waals surface area (Å²) in [6.07, 6.45) is 17.3. The number of carbonyl (C=O) groups is 3. The second kappa shape index (κ2) is 19.1. The number of methoxy groups -OCH3 is 1. The maximum absolute atomic E-state index is 14.3. The molecule has 5 heterocycles. The van der Waals surface area contributed by atoms with Crippen LogP contribution >= 0.6 is 0 Å². The molecule has 1 aliphatic carbocycles. The molecule has 1 unspecified atom stereocenters. The topological polar surface area (TPSA) is 146 Å². The number of allylic oxidation sites excluding steroid dienone is 2. The Hall–Kier alpha value is -4.48. The van der Waals surface area contributed by atoms with Crippen LogP contribution in [0.1, 0.15) is 129 Å². The molecular weight excluding hydrogens is 741 g/mol. The first-order chi connectivity index (χ1) is 27.4. The molecule has 8 bridgehead atoms. The number of esters is 2. The summed E-state index contributed by atoms with van der Waals surface area (Å²) < 4.78 is 10.9. The molecule has 1 fully saturated rings. The number of aliphatic hydroxyl groups excluding tert-OH is 1. The van der Waals surface area contributed by atoms with Crippen molar-refractivity contribution in [1.29, 1.82) is 0 Å². The number of ketones is 1. The molecule has 3 aliphatic rings. The maximum atomic E-state index is 14.3. The van der Waals surface area contributed by atoms with E-state index in [2.05, 4.69) is 34.3 Å². The van der Waals surface area contributed by atoms with E-state index in [0.717, 1.165) is 47.4 Å². The van der Waals surface area contributed by atoms with E-state index >= 15 is 0 Å². The number of ether oxygens (including phenoxy) is 2. The molecule has 0 aromatic carbocycles. The van der Waals surface area contributed by atoms with Gasteiger partial charge < -0.3 is 34.8 Å². The van der Waals surface area contributed by atoms with Gasteiger partial charge in [-0.2, -0.15) is 5.70 Å². The summed E-state index contributed by atoms with van der Waals surface area (Å²) in [5.74, 6) is -2.31. The first-order valence-corrected chi connectivity index (χ1v) is 20.4. The first-order valence-electron chi connectivity index (χ1n) is 20.4. The van der Waals surface area contributed by atoms with Crippen molar-refractivity contribution in [2.45, 2.75) is 106 Å². The molecule has 2 aliphatic heterocycles. The van der Waals surface area contributed by atoms with Crippen LogP contribution in [0.5, 0.6) is 0 Å². The molecule has 3 aromatic rings. The summed E-state index contributed by atoms with van der Waals surface area (Å²) in [5.41, 5.74) is 7.95. The molecule has 11 heteroatoms. The minimum absolute atomic E-state index is 0. The van der Waals surface area contributed by atoms with Gasteiger partial charge in [-0.15, -0.1) is 33.1 Å². The molecule has 6 rings (SSSR count). The fraction of sp³-hybridized carbons (Fsp3) is 0.468. The second-order valence-electron chi connectivity index (χ2n) is 15.9. The third-order valence-electron chi connectivity index (χ3n) is 12.3. The van der Waals surface area contributed by atoms with Gasteiger partial charge in [-0.3, -0.25) is 14.4 Å². The molecule has 5 atom stereocenters. The zero-order chi connectivity index (χ0) is 41.1. The molecule has 3 aromatic heterocycles. The summed E-state index contributed by atoms with van der Waals surface area (Å²) >= 11 is 0. The second-order valence-corrected chi connectivity index (χ2v) is 15.9. The SMILES string of the molecule is C=Cc1c2[n-]c(c1C)/C=C1/[N-]C(C3=c4[n-]/c(c(C)c4C(=O)[C@@H]3C(=O)OC)=C\c3[n-]c(/c(=C\O)c3CC)=C\2)[C@@H](CCC(=O)OC/C=C(\C)CCC[C@H](C)CCC)[C@@H]1C.[Mg+2]. The summed E-state index contributed by atoms with van der Waals surface area (Å²) in [6, 6.07) is -0.647. The van der Waals surface area contributed by atoms with Gasteiger partial charge in [0.15, 0.2) is 5.78 Å². The van der Waals surface area contributed by atoms with E-state index in [1.54, 1.807) is 6.08 Å². The Morgan fingerprint density at radius 2 is 1.74 bits per heavy atom. The Balaban J connectivity index is 0.00000641. The minimum Gasteiger partial charge on any atom is -0.681 e. The number of carbonyl (C=O) groups excluding carboxylic acids is 3. The summed E-state index contributed by atoms with van der Waals surface area (Å²) in [7, 11) is 1.28. The molecule has 0 amide bonds. The van der Waals surface area contributed by atoms with Crippen molar-refractivity contribution in [1.82, 2.24) is 15.0 Å². The van der Waals surface area contributed by atoms with Crippen molar-refractivity contribution < 1.29 is 29.0 Å². The van der Waals surface area contributed by atoms with Gasteiger partial charge in [-0.05, 0) is 81.1 Å². The van der Waals surface area contributed by atoms with Crippen molar-refractivity contribution >= 4 is 76.9 Å². The monoisotopic (exact) mass is 796 g/mol. The fourth-order valence-electron chi connectivity index (χ4n) is 8.95. The predicted octanol–water partition coefficient (Wildman–Crippen LogP) is 5.33. The zero-order valence-electron chi connectivity index (χ0n) is 35.4. The number of Topliss-reactive ketones (excluding diaryl/α,β-unsaturated/α-hetero) is 1. The Morgan fingerprint density at radius 1 is 1.00 bits per heavy atom. The van der Waals surface area contributed by atoms with Crippen LogP contribution in [0, 0.1) is 37.5 Å². The largest absolute Gasteiger partial charge is 2.00 e. The van der Waals surface area contributed by atoms with Crippen LogP contribution in [0.3, 0.4) is 0 Å². The number of fused-ring (bicyclic) bond motifs is 8. The molecule has 0 radical (unpaired) electrons. The van der Waals surface area contributed by atoms with Gasteiger partial charge in [-0.25, -0.2) is 0 Å². The number of hydrogen-bond acceptors (Lipinski definition) is 6. The molecule has 58 heavy (non-hydrogen) atoms. The maximum Gasteiger partial charge on any atom is 2.00 e. The van der Waals surface area contributed by atoms with E-state index in [0.29, 0.717) is 67.9 Å². The smallest absolute Gasteiger partial charge is 0.681 e. The Labute approximate surface area is 357 Å². The van der Waals surface area contributed by atoms with Crippen LogP contribution in [0.2, 0.25) is 0 Å². The number of aliphatic hydroxyl groups is 1. The van der Waals surface area contributed by atoms with Crippen LogP contribution in [0.15, 0.2) is 23.9 Å². The number of nitrogens with zero attached hydrogens (tertiary/aromatic N) is 4. The van der Waals surface area contributed by atoms with Crippen molar-refractivity contribution in [3.63, 3.8) is 0 Å². The molecule has 10 nitrogen and oxygen atoms in total. The van der Waals surface area contributed by atoms with Crippen molar-refractivity contribution in [3.8, 4) is 0 Å². The van der Waals surface area contributed by atoms with Crippen molar-refractivity contribution in [2.24, 2.45) is 23.7 Å². The van der Waals surface area contributed by atoms with Gasteiger partial charge in [0.05, 0.1) is 13.4 Å². The van der Waals surface area contributed by atoms with Crippen molar-refractivity contribution in [3.05, 3.63) is 95.4 Å². The van der Waals surface area contributed by atoms with Crippen LogP contribution in [-0.2, 0) is 25.5 Å². The molecular formula is C47H56MgN4O6-2. The Bertz CT molecular complexity index is 2390. The van der Waals surface area contributed by atoms with Crippen LogP contribution < -0.4 is 36.2 Å². The third-order valence-corrected chi connectivity index (χ3v) is 12.3. The van der Waals surface area contributed by atoms with Crippen LogP contribution in [0.25, 0.3) is 41.5 Å². The number of rotatable bonds is 14. The van der Waals surface area contributed by atoms with Gasteiger partial charge in [0.2, 0.25) is 0 Å². The zero-order valence-corrected chi connectivity index (χ0v) is 36.8. The molecule has 0 saturated carbocycles. The van der Waals surface area contributed by atoms with Crippen LogP contribution in [0.4, 0.5) is 0 Å². The summed E-state index contributed by atoms with van der Waals surface area (Å²) in [5, 5.41) is 17.8. The van der Waals surface area contributed by atoms with Crippen molar-refractivity contribution in [2.75, 3.05) is 13.7 Å². The van der Waals surface area contributed by atoms with E-state index in [9.17, 15) is 19.5 Å². The van der Waals surface area contributed by atoms with E-state index < -0.39 is 17.9 Å². The van der Waals surface area contributed by atoms with Gasteiger partial charge in [0, 0.05) is 12.0 Å². The first kappa shape index (κ1) is 44.6. The minimum atomic E-state index is -1.22. The standard InChI is InChI=1S/C47H56N4O6.Mg/c1-10-14-25(4)15-13-16-26(5)19-20-57-40(53)18-17-32-28(7)35-21-34-27(6)30(11-2)37(48-34)23-39-33(24-52)31(12-3)38(49-39)22-36-29(8)41-45(51-36)42(44(32)50-35)43(46(41)54)47(55)56-9;/h11,19,21-25,28,32,43-44H,2,10,12-18,20H2,1,3-9H3,(H,52,54);/q-4;+2/b26-19+,35-21+,39-23-;/t25-,28+,32+,43-,44?;/m1./s1. The Kier molecular flexibility index (Phi) is 14.7. The van der Waals surface area contributed by atoms with Gasteiger partial charge in [0.1, 0.15) is 12.5 Å². The number of aromatic nitrogens is 3. The average Bonchev–Trinajstić information content (AvgIpc) is 3.94. The molecule has 304 valence electrons. The molecule has 1 N–H and O–H groups in total. The number of hydrogen-bond donors (Lipinski definition) is 1. The average molecular weight is 797 g/mol. The third kappa shape index (κ3) is 8.62. The van der Waals surface area contributed by atoms with Gasteiger partial charge in [-0.1, -0.05) is 112 Å². The predicted molar refractivity (Wildman–Crippen MR) is 230 cm³/mol.